The number of halogens is 1. The van der Waals surface area contributed by atoms with Crippen LogP contribution in [0.3, 0.4) is 0 Å². The van der Waals surface area contributed by atoms with Gasteiger partial charge in [0.05, 0.1) is 10.5 Å². The first kappa shape index (κ1) is 16.9. The monoisotopic (exact) mass is 349 g/mol. The molecule has 0 fully saturated rings. The molecule has 26 heavy (non-hydrogen) atoms. The summed E-state index contributed by atoms with van der Waals surface area (Å²) in [6.07, 6.45) is 6.69. The van der Waals surface area contributed by atoms with Crippen LogP contribution in [0.4, 0.5) is 15.9 Å². The molecule has 7 heteroatoms. The van der Waals surface area contributed by atoms with E-state index in [-0.39, 0.29) is 28.4 Å². The number of nitrogens with two attached hydrogens (primary N) is 1. The summed E-state index contributed by atoms with van der Waals surface area (Å²) in [5.41, 5.74) is 7.35. The Hall–Kier alpha value is -3.92. The van der Waals surface area contributed by atoms with Crippen molar-refractivity contribution in [2.45, 2.75) is 0 Å². The van der Waals surface area contributed by atoms with Crippen molar-refractivity contribution in [1.29, 1.82) is 0 Å². The van der Waals surface area contributed by atoms with Crippen molar-refractivity contribution in [2.24, 2.45) is 0 Å². The molecule has 2 aromatic carbocycles. The minimum absolute atomic E-state index is 0.0314. The fraction of sp³-hybridized carbons (Fsp3) is 0. The first-order chi connectivity index (χ1) is 12.4. The second kappa shape index (κ2) is 6.53. The van der Waals surface area contributed by atoms with Crippen LogP contribution in [0, 0.1) is 28.3 Å². The number of hydrogen-bond donors (Lipinski definition) is 2. The molecule has 0 unspecified atom stereocenters. The molecule has 0 aliphatic rings. The molecule has 0 aliphatic heterocycles. The lowest BCUT2D eigenvalue weighted by Crippen LogP contribution is -1.97. The predicted molar refractivity (Wildman–Crippen MR) is 95.7 cm³/mol. The Labute approximate surface area is 147 Å². The van der Waals surface area contributed by atoms with Crippen LogP contribution in [-0.2, 0) is 0 Å². The molecule has 0 spiro atoms. The zero-order valence-electron chi connectivity index (χ0n) is 13.3. The van der Waals surface area contributed by atoms with Gasteiger partial charge in [0.25, 0.3) is 5.69 Å². The van der Waals surface area contributed by atoms with E-state index in [0.29, 0.717) is 16.7 Å². The Kier molecular flexibility index (Phi) is 4.25. The molecule has 0 aliphatic carbocycles. The van der Waals surface area contributed by atoms with E-state index >= 15 is 0 Å². The van der Waals surface area contributed by atoms with Gasteiger partial charge in [-0.15, -0.1) is 6.42 Å². The number of benzene rings is 2. The first-order valence-electron chi connectivity index (χ1n) is 7.40. The van der Waals surface area contributed by atoms with Crippen molar-refractivity contribution >= 4 is 11.5 Å². The maximum absolute atomic E-state index is 14.2. The normalized spacial score (nSPS) is 10.3. The molecule has 3 N–H and O–H groups in total. The van der Waals surface area contributed by atoms with Crippen LogP contribution in [-0.4, -0.2) is 15.0 Å². The number of nitro benzene ring substituents is 1. The van der Waals surface area contributed by atoms with Crippen molar-refractivity contribution in [3.05, 3.63) is 70.2 Å². The van der Waals surface area contributed by atoms with Crippen LogP contribution in [0.15, 0.2) is 48.7 Å². The SMILES string of the molecule is C#Cc1cc(-c2cc(-c3cc([N+](=O)[O-])ccc3F)cnc2N)ccc1O. The number of hydrogen-bond acceptors (Lipinski definition) is 5. The highest BCUT2D eigenvalue weighted by Gasteiger charge is 2.15. The van der Waals surface area contributed by atoms with E-state index in [2.05, 4.69) is 10.9 Å². The standard InChI is InChI=1S/C19H12FN3O3/c1-2-11-7-12(3-6-18(11)24)16-8-13(10-22-19(16)21)15-9-14(23(25)26)4-5-17(15)20/h1,3-10,24H,(H2,21,22). The van der Waals surface area contributed by atoms with E-state index in [1.807, 2.05) is 0 Å². The predicted octanol–water partition coefficient (Wildman–Crippen LogP) is 3.73. The van der Waals surface area contributed by atoms with Crippen LogP contribution < -0.4 is 5.73 Å². The fourth-order valence-electron chi connectivity index (χ4n) is 2.52. The van der Waals surface area contributed by atoms with Crippen LogP contribution >= 0.6 is 0 Å². The lowest BCUT2D eigenvalue weighted by Gasteiger charge is -2.10. The Balaban J connectivity index is 2.17. The molecule has 0 bridgehead atoms. The lowest BCUT2D eigenvalue weighted by molar-refractivity contribution is -0.384. The van der Waals surface area contributed by atoms with Crippen LogP contribution in [0.25, 0.3) is 22.3 Å². The van der Waals surface area contributed by atoms with Gasteiger partial charge in [0.1, 0.15) is 17.4 Å². The average Bonchev–Trinajstić information content (AvgIpc) is 2.63. The maximum atomic E-state index is 14.2. The molecule has 6 nitrogen and oxygen atoms in total. The largest absolute Gasteiger partial charge is 0.507 e. The highest BCUT2D eigenvalue weighted by molar-refractivity contribution is 5.81. The van der Waals surface area contributed by atoms with Crippen molar-refractivity contribution < 1.29 is 14.4 Å². The summed E-state index contributed by atoms with van der Waals surface area (Å²) in [5.74, 6) is 1.85. The summed E-state index contributed by atoms with van der Waals surface area (Å²) in [6, 6.07) is 9.38. The van der Waals surface area contributed by atoms with E-state index < -0.39 is 10.7 Å². The molecule has 0 amide bonds. The summed E-state index contributed by atoms with van der Waals surface area (Å²) in [6.45, 7) is 0. The molecule has 0 saturated carbocycles. The zero-order valence-corrected chi connectivity index (χ0v) is 13.3. The van der Waals surface area contributed by atoms with Crippen LogP contribution in [0.1, 0.15) is 5.56 Å². The van der Waals surface area contributed by atoms with E-state index in [0.717, 1.165) is 18.2 Å². The minimum Gasteiger partial charge on any atom is -0.507 e. The topological polar surface area (TPSA) is 102 Å². The number of nitrogen functional groups attached to an aromatic ring is 1. The highest BCUT2D eigenvalue weighted by atomic mass is 19.1. The summed E-state index contributed by atoms with van der Waals surface area (Å²) < 4.78 is 14.2. The molecule has 0 atom stereocenters. The molecule has 128 valence electrons. The van der Waals surface area contributed by atoms with Gasteiger partial charge in [-0.05, 0) is 29.8 Å². The third-order valence-corrected chi connectivity index (χ3v) is 3.85. The number of phenols is 1. The van der Waals surface area contributed by atoms with E-state index in [1.54, 1.807) is 18.2 Å². The number of nitro groups is 1. The summed E-state index contributed by atoms with van der Waals surface area (Å²) >= 11 is 0. The van der Waals surface area contributed by atoms with E-state index in [1.165, 1.54) is 12.3 Å². The Morgan fingerprint density at radius 2 is 1.92 bits per heavy atom. The molecule has 1 aromatic heterocycles. The zero-order chi connectivity index (χ0) is 18.8. The third-order valence-electron chi connectivity index (χ3n) is 3.85. The number of phenolic OH excluding ortho intramolecular Hbond substituents is 1. The van der Waals surface area contributed by atoms with Crippen LogP contribution in [0.2, 0.25) is 0 Å². The van der Waals surface area contributed by atoms with Gasteiger partial charge in [-0.3, -0.25) is 10.1 Å². The number of aromatic nitrogens is 1. The molecule has 0 saturated heterocycles. The number of nitrogens with zero attached hydrogens (tertiary/aromatic N) is 2. The van der Waals surface area contributed by atoms with Crippen molar-refractivity contribution in [3.63, 3.8) is 0 Å². The Morgan fingerprint density at radius 1 is 1.15 bits per heavy atom. The molecule has 3 aromatic rings. The van der Waals surface area contributed by atoms with Crippen molar-refractivity contribution in [3.8, 4) is 40.3 Å². The summed E-state index contributed by atoms with van der Waals surface area (Å²) in [4.78, 5) is 14.4. The minimum atomic E-state index is -0.622. The molecule has 0 radical (unpaired) electrons. The highest BCUT2D eigenvalue weighted by Crippen LogP contribution is 2.33. The first-order valence-corrected chi connectivity index (χ1v) is 7.40. The summed E-state index contributed by atoms with van der Waals surface area (Å²) in [5, 5.41) is 20.6. The smallest absolute Gasteiger partial charge is 0.270 e. The summed E-state index contributed by atoms with van der Waals surface area (Å²) in [7, 11) is 0. The van der Waals surface area contributed by atoms with Gasteiger partial charge < -0.3 is 10.8 Å². The van der Waals surface area contributed by atoms with Gasteiger partial charge in [-0.25, -0.2) is 9.37 Å². The molecule has 1 heterocycles. The van der Waals surface area contributed by atoms with Crippen molar-refractivity contribution in [1.82, 2.24) is 4.98 Å². The van der Waals surface area contributed by atoms with E-state index in [4.69, 9.17) is 12.2 Å². The average molecular weight is 349 g/mol. The molecular formula is C19H12FN3O3. The Morgan fingerprint density at radius 3 is 2.62 bits per heavy atom. The number of terminal acetylenes is 1. The third kappa shape index (κ3) is 3.03. The lowest BCUT2D eigenvalue weighted by atomic mass is 9.99. The fourth-order valence-corrected chi connectivity index (χ4v) is 2.52. The van der Waals surface area contributed by atoms with Crippen LogP contribution in [0.5, 0.6) is 5.75 Å². The second-order valence-electron chi connectivity index (χ2n) is 5.45. The van der Waals surface area contributed by atoms with Gasteiger partial charge in [0, 0.05) is 35.0 Å². The number of anilines is 1. The maximum Gasteiger partial charge on any atom is 0.270 e. The van der Waals surface area contributed by atoms with Gasteiger partial charge in [0.2, 0.25) is 0 Å². The van der Waals surface area contributed by atoms with Gasteiger partial charge in [-0.2, -0.15) is 0 Å². The Bertz CT molecular complexity index is 1070. The van der Waals surface area contributed by atoms with E-state index in [9.17, 15) is 19.6 Å². The quantitative estimate of drug-likeness (QED) is 0.426. The molecular weight excluding hydrogens is 337 g/mol. The van der Waals surface area contributed by atoms with Crippen molar-refractivity contribution in [2.75, 3.05) is 5.73 Å². The van der Waals surface area contributed by atoms with Gasteiger partial charge in [0.15, 0.2) is 0 Å². The molecule has 3 rings (SSSR count). The number of pyridine rings is 1. The number of rotatable bonds is 3. The second-order valence-corrected chi connectivity index (χ2v) is 5.45. The van der Waals surface area contributed by atoms with Gasteiger partial charge in [-0.1, -0.05) is 12.0 Å². The van der Waals surface area contributed by atoms with Gasteiger partial charge >= 0.3 is 0 Å². The number of non-ortho nitro benzene ring substituents is 1. The number of aromatic hydroxyl groups is 1.